The van der Waals surface area contributed by atoms with Crippen LogP contribution < -0.4 is 10.6 Å². The molecule has 0 amide bonds. The minimum Gasteiger partial charge on any atom is -0.362 e. The number of nitro groups is 1. The molecule has 0 aliphatic carbocycles. The molecule has 1 aromatic heterocycles. The maximum Gasteiger partial charge on any atom is 0.353 e. The fraction of sp³-hybridized carbons (Fsp3) is 0.231. The first-order valence-corrected chi connectivity index (χ1v) is 7.11. The molecule has 0 saturated carbocycles. The molecule has 0 aliphatic rings. The van der Waals surface area contributed by atoms with E-state index in [1.54, 1.807) is 18.2 Å². The highest BCUT2D eigenvalue weighted by molar-refractivity contribution is 6.35. The van der Waals surface area contributed by atoms with Gasteiger partial charge in [0, 0.05) is 21.8 Å². The average Bonchev–Trinajstić information content (AvgIpc) is 2.36. The number of rotatable bonds is 5. The van der Waals surface area contributed by atoms with E-state index in [2.05, 4.69) is 20.6 Å². The van der Waals surface area contributed by atoms with Gasteiger partial charge in [0.15, 0.2) is 0 Å². The number of hydrogen-bond acceptors (Lipinski definition) is 6. The highest BCUT2D eigenvalue weighted by atomic mass is 35.5. The van der Waals surface area contributed by atoms with Crippen molar-refractivity contribution in [2.75, 3.05) is 10.6 Å². The number of nitrogens with one attached hydrogen (secondary N) is 2. The van der Waals surface area contributed by atoms with Crippen molar-refractivity contribution in [3.63, 3.8) is 0 Å². The van der Waals surface area contributed by atoms with Crippen molar-refractivity contribution in [2.24, 2.45) is 0 Å². The molecule has 0 atom stereocenters. The molecule has 0 saturated heterocycles. The lowest BCUT2D eigenvalue weighted by molar-refractivity contribution is -0.383. The molecule has 1 aromatic carbocycles. The molecule has 0 bridgehead atoms. The SMILES string of the molecule is CC(C)Nc1ncnc(Nc2cc(Cl)cc(Cl)c2)c1[N+](=O)[O-]. The van der Waals surface area contributed by atoms with Gasteiger partial charge in [0.2, 0.25) is 11.6 Å². The standard InChI is InChI=1S/C13H13Cl2N5O2/c1-7(2)18-12-11(20(21)22)13(17-6-16-12)19-10-4-8(14)3-9(15)5-10/h3-7H,1-2H3,(H2,16,17,18,19). The van der Waals surface area contributed by atoms with E-state index in [0.29, 0.717) is 15.7 Å². The summed E-state index contributed by atoms with van der Waals surface area (Å²) in [4.78, 5) is 18.7. The fourth-order valence-electron chi connectivity index (χ4n) is 1.78. The summed E-state index contributed by atoms with van der Waals surface area (Å²) >= 11 is 11.8. The first-order chi connectivity index (χ1) is 10.4. The fourth-order valence-corrected chi connectivity index (χ4v) is 2.31. The molecule has 116 valence electrons. The van der Waals surface area contributed by atoms with Crippen LogP contribution in [0.1, 0.15) is 13.8 Å². The van der Waals surface area contributed by atoms with Crippen molar-refractivity contribution >= 4 is 46.2 Å². The van der Waals surface area contributed by atoms with Gasteiger partial charge in [-0.3, -0.25) is 10.1 Å². The van der Waals surface area contributed by atoms with E-state index in [4.69, 9.17) is 23.2 Å². The van der Waals surface area contributed by atoms with Crippen LogP contribution in [0.5, 0.6) is 0 Å². The lowest BCUT2D eigenvalue weighted by Gasteiger charge is -2.12. The molecular formula is C13H13Cl2N5O2. The van der Waals surface area contributed by atoms with Gasteiger partial charge >= 0.3 is 5.69 Å². The lowest BCUT2D eigenvalue weighted by atomic mass is 10.3. The van der Waals surface area contributed by atoms with Crippen LogP contribution in [-0.2, 0) is 0 Å². The van der Waals surface area contributed by atoms with Gasteiger partial charge in [-0.25, -0.2) is 9.97 Å². The summed E-state index contributed by atoms with van der Waals surface area (Å²) < 4.78 is 0. The Labute approximate surface area is 136 Å². The number of aromatic nitrogens is 2. The van der Waals surface area contributed by atoms with Crippen LogP contribution in [0.3, 0.4) is 0 Å². The molecule has 0 radical (unpaired) electrons. The molecule has 0 unspecified atom stereocenters. The van der Waals surface area contributed by atoms with E-state index >= 15 is 0 Å². The van der Waals surface area contributed by atoms with Gasteiger partial charge in [0.05, 0.1) is 4.92 Å². The Hall–Kier alpha value is -2.12. The minimum atomic E-state index is -0.542. The van der Waals surface area contributed by atoms with E-state index in [-0.39, 0.29) is 23.4 Å². The predicted molar refractivity (Wildman–Crippen MR) is 87.2 cm³/mol. The van der Waals surface area contributed by atoms with Crippen molar-refractivity contribution in [1.29, 1.82) is 0 Å². The summed E-state index contributed by atoms with van der Waals surface area (Å²) in [5, 5.41) is 17.9. The van der Waals surface area contributed by atoms with Gasteiger partial charge in [-0.15, -0.1) is 0 Å². The van der Waals surface area contributed by atoms with Gasteiger partial charge < -0.3 is 10.6 Å². The summed E-state index contributed by atoms with van der Waals surface area (Å²) in [6, 6.07) is 4.74. The summed E-state index contributed by atoms with van der Waals surface area (Å²) in [6.07, 6.45) is 1.24. The van der Waals surface area contributed by atoms with Gasteiger partial charge in [-0.2, -0.15) is 0 Å². The number of halogens is 2. The molecule has 2 aromatic rings. The molecule has 1 heterocycles. The topological polar surface area (TPSA) is 93.0 Å². The molecule has 7 nitrogen and oxygen atoms in total. The molecule has 0 fully saturated rings. The maximum atomic E-state index is 11.3. The van der Waals surface area contributed by atoms with Crippen molar-refractivity contribution in [2.45, 2.75) is 19.9 Å². The van der Waals surface area contributed by atoms with Crippen molar-refractivity contribution < 1.29 is 4.92 Å². The second-order valence-electron chi connectivity index (χ2n) is 4.76. The monoisotopic (exact) mass is 341 g/mol. The van der Waals surface area contributed by atoms with E-state index in [0.717, 1.165) is 0 Å². The van der Waals surface area contributed by atoms with Gasteiger partial charge in [0.25, 0.3) is 0 Å². The van der Waals surface area contributed by atoms with Crippen LogP contribution >= 0.6 is 23.2 Å². The van der Waals surface area contributed by atoms with Crippen LogP contribution in [-0.4, -0.2) is 20.9 Å². The quantitative estimate of drug-likeness (QED) is 0.623. The Kier molecular flexibility index (Phi) is 4.99. The molecule has 0 aliphatic heterocycles. The van der Waals surface area contributed by atoms with E-state index in [1.807, 2.05) is 13.8 Å². The lowest BCUT2D eigenvalue weighted by Crippen LogP contribution is -2.14. The summed E-state index contributed by atoms with van der Waals surface area (Å²) in [7, 11) is 0. The maximum absolute atomic E-state index is 11.3. The number of anilines is 3. The second-order valence-corrected chi connectivity index (χ2v) is 5.63. The Morgan fingerprint density at radius 3 is 2.27 bits per heavy atom. The van der Waals surface area contributed by atoms with Crippen LogP contribution in [0.15, 0.2) is 24.5 Å². The molecular weight excluding hydrogens is 329 g/mol. The molecule has 9 heteroatoms. The van der Waals surface area contributed by atoms with E-state index < -0.39 is 4.92 Å². The zero-order valence-electron chi connectivity index (χ0n) is 11.8. The van der Waals surface area contributed by atoms with Crippen molar-refractivity contribution in [1.82, 2.24) is 9.97 Å². The summed E-state index contributed by atoms with van der Waals surface area (Å²) in [6.45, 7) is 3.71. The Morgan fingerprint density at radius 1 is 1.14 bits per heavy atom. The van der Waals surface area contributed by atoms with Crippen LogP contribution in [0, 0.1) is 10.1 Å². The third kappa shape index (κ3) is 3.96. The van der Waals surface area contributed by atoms with Crippen molar-refractivity contribution in [3.05, 3.63) is 44.7 Å². The molecule has 22 heavy (non-hydrogen) atoms. The summed E-state index contributed by atoms with van der Waals surface area (Å²) in [5.41, 5.74) is 0.252. The highest BCUT2D eigenvalue weighted by Gasteiger charge is 2.23. The van der Waals surface area contributed by atoms with Gasteiger partial charge in [0.1, 0.15) is 6.33 Å². The predicted octanol–water partition coefficient (Wildman–Crippen LogP) is 4.26. The van der Waals surface area contributed by atoms with E-state index in [1.165, 1.54) is 6.33 Å². The highest BCUT2D eigenvalue weighted by Crippen LogP contribution is 2.32. The Morgan fingerprint density at radius 2 is 1.73 bits per heavy atom. The average molecular weight is 342 g/mol. The molecule has 0 spiro atoms. The minimum absolute atomic E-state index is 0.0120. The Balaban J connectivity index is 2.43. The van der Waals surface area contributed by atoms with Gasteiger partial charge in [-0.1, -0.05) is 23.2 Å². The molecule has 2 N–H and O–H groups in total. The second kappa shape index (κ2) is 6.76. The van der Waals surface area contributed by atoms with Crippen LogP contribution in [0.25, 0.3) is 0 Å². The first kappa shape index (κ1) is 16.3. The number of nitrogens with zero attached hydrogens (tertiary/aromatic N) is 3. The largest absolute Gasteiger partial charge is 0.362 e. The van der Waals surface area contributed by atoms with Crippen LogP contribution in [0.4, 0.5) is 23.0 Å². The number of hydrogen-bond donors (Lipinski definition) is 2. The van der Waals surface area contributed by atoms with Crippen LogP contribution in [0.2, 0.25) is 10.0 Å². The zero-order chi connectivity index (χ0) is 16.3. The third-order valence-electron chi connectivity index (χ3n) is 2.56. The zero-order valence-corrected chi connectivity index (χ0v) is 13.3. The van der Waals surface area contributed by atoms with E-state index in [9.17, 15) is 10.1 Å². The van der Waals surface area contributed by atoms with Gasteiger partial charge in [-0.05, 0) is 32.0 Å². The number of benzene rings is 1. The molecule has 2 rings (SSSR count). The summed E-state index contributed by atoms with van der Waals surface area (Å²) in [5.74, 6) is 0.201. The normalized spacial score (nSPS) is 10.6. The smallest absolute Gasteiger partial charge is 0.353 e. The van der Waals surface area contributed by atoms with Crippen molar-refractivity contribution in [3.8, 4) is 0 Å². The third-order valence-corrected chi connectivity index (χ3v) is 2.99. The first-order valence-electron chi connectivity index (χ1n) is 6.36. The Bertz CT molecular complexity index is 689.